The lowest BCUT2D eigenvalue weighted by molar-refractivity contribution is -0.137. The van der Waals surface area contributed by atoms with Crippen molar-refractivity contribution >= 4 is 5.69 Å². The van der Waals surface area contributed by atoms with E-state index >= 15 is 0 Å². The predicted molar refractivity (Wildman–Crippen MR) is 38.8 cm³/mol. The molecule has 0 spiro atoms. The molecule has 0 unspecified atom stereocenters. The van der Waals surface area contributed by atoms with Crippen molar-refractivity contribution in [3.8, 4) is 5.75 Å². The van der Waals surface area contributed by atoms with E-state index in [0.717, 1.165) is 5.56 Å². The number of anilines is 1. The molecular weight excluding hydrogens is 130 g/mol. The van der Waals surface area contributed by atoms with Crippen molar-refractivity contribution in [1.82, 2.24) is 0 Å². The van der Waals surface area contributed by atoms with Gasteiger partial charge in [0, 0.05) is 5.69 Å². The van der Waals surface area contributed by atoms with Crippen LogP contribution in [0.5, 0.6) is 5.75 Å². The predicted octanol–water partition coefficient (Wildman–Crippen LogP) is 1.43. The standard InChI is InChI=1S/C7H9NO2/c1-5-4-6(10-9)2-3-7(5)8/h2-4,9H,8H2,1H3. The molecule has 10 heavy (non-hydrogen) atoms. The van der Waals surface area contributed by atoms with Crippen molar-refractivity contribution in [2.24, 2.45) is 0 Å². The summed E-state index contributed by atoms with van der Waals surface area (Å²) in [5.74, 6) is 0.409. The van der Waals surface area contributed by atoms with Crippen LogP contribution in [0.25, 0.3) is 0 Å². The third-order valence-corrected chi connectivity index (χ3v) is 1.35. The molecule has 0 saturated carbocycles. The second kappa shape index (κ2) is 2.58. The number of benzene rings is 1. The highest BCUT2D eigenvalue weighted by molar-refractivity contribution is 5.49. The van der Waals surface area contributed by atoms with Gasteiger partial charge in [0.25, 0.3) is 0 Å². The Balaban J connectivity index is 3.04. The van der Waals surface area contributed by atoms with Gasteiger partial charge in [0.2, 0.25) is 0 Å². The van der Waals surface area contributed by atoms with Crippen LogP contribution in [-0.2, 0) is 0 Å². The molecule has 0 aliphatic heterocycles. The summed E-state index contributed by atoms with van der Waals surface area (Å²) in [6.45, 7) is 1.85. The monoisotopic (exact) mass is 139 g/mol. The average molecular weight is 139 g/mol. The first-order valence-electron chi connectivity index (χ1n) is 2.91. The summed E-state index contributed by atoms with van der Waals surface area (Å²) in [4.78, 5) is 3.99. The molecule has 0 aliphatic carbocycles. The second-order valence-corrected chi connectivity index (χ2v) is 2.11. The lowest BCUT2D eigenvalue weighted by Crippen LogP contribution is -1.90. The highest BCUT2D eigenvalue weighted by atomic mass is 17.1. The fourth-order valence-corrected chi connectivity index (χ4v) is 0.705. The average Bonchev–Trinajstić information content (AvgIpc) is 1.95. The minimum absolute atomic E-state index is 0.409. The number of nitrogens with two attached hydrogens (primary N) is 1. The third kappa shape index (κ3) is 1.19. The first kappa shape index (κ1) is 6.89. The van der Waals surface area contributed by atoms with Crippen LogP contribution in [0.2, 0.25) is 0 Å². The molecule has 0 heterocycles. The fourth-order valence-electron chi connectivity index (χ4n) is 0.705. The zero-order valence-electron chi connectivity index (χ0n) is 5.66. The molecule has 0 atom stereocenters. The van der Waals surface area contributed by atoms with E-state index in [0.29, 0.717) is 11.4 Å². The van der Waals surface area contributed by atoms with E-state index in [-0.39, 0.29) is 0 Å². The molecule has 3 N–H and O–H groups in total. The van der Waals surface area contributed by atoms with Crippen LogP contribution in [0, 0.1) is 6.92 Å². The number of hydrogen-bond donors (Lipinski definition) is 2. The molecule has 0 bridgehead atoms. The molecule has 0 fully saturated rings. The van der Waals surface area contributed by atoms with E-state index in [9.17, 15) is 0 Å². The summed E-state index contributed by atoms with van der Waals surface area (Å²) < 4.78 is 0. The van der Waals surface area contributed by atoms with E-state index < -0.39 is 0 Å². The topological polar surface area (TPSA) is 55.5 Å². The maximum Gasteiger partial charge on any atom is 0.165 e. The van der Waals surface area contributed by atoms with Crippen LogP contribution in [0.3, 0.4) is 0 Å². The number of rotatable bonds is 1. The summed E-state index contributed by atoms with van der Waals surface area (Å²) in [6.07, 6.45) is 0. The molecular formula is C7H9NO2. The normalized spacial score (nSPS) is 9.40. The van der Waals surface area contributed by atoms with Crippen molar-refractivity contribution in [3.63, 3.8) is 0 Å². The summed E-state index contributed by atoms with van der Waals surface area (Å²) in [5.41, 5.74) is 7.10. The zero-order chi connectivity index (χ0) is 7.56. The van der Waals surface area contributed by atoms with E-state index in [4.69, 9.17) is 11.0 Å². The first-order valence-corrected chi connectivity index (χ1v) is 2.91. The maximum absolute atomic E-state index is 8.21. The Bertz CT molecular complexity index is 235. The third-order valence-electron chi connectivity index (χ3n) is 1.35. The van der Waals surface area contributed by atoms with Crippen molar-refractivity contribution < 1.29 is 10.1 Å². The number of hydrogen-bond acceptors (Lipinski definition) is 3. The molecule has 0 amide bonds. The Morgan fingerprint density at radius 2 is 2.20 bits per heavy atom. The molecule has 1 aromatic rings. The van der Waals surface area contributed by atoms with Gasteiger partial charge in [0.15, 0.2) is 5.75 Å². The van der Waals surface area contributed by atoms with Crippen molar-refractivity contribution in [2.75, 3.05) is 5.73 Å². The van der Waals surface area contributed by atoms with E-state index in [1.807, 2.05) is 6.92 Å². The van der Waals surface area contributed by atoms with Crippen molar-refractivity contribution in [1.29, 1.82) is 0 Å². The molecule has 0 radical (unpaired) electrons. The van der Waals surface area contributed by atoms with Gasteiger partial charge < -0.3 is 10.6 Å². The van der Waals surface area contributed by atoms with E-state index in [1.54, 1.807) is 18.2 Å². The summed E-state index contributed by atoms with van der Waals surface area (Å²) in [6, 6.07) is 4.94. The molecule has 54 valence electrons. The van der Waals surface area contributed by atoms with Crippen LogP contribution in [0.15, 0.2) is 18.2 Å². The zero-order valence-corrected chi connectivity index (χ0v) is 5.66. The Kier molecular flexibility index (Phi) is 1.78. The lowest BCUT2D eigenvalue weighted by Gasteiger charge is -2.00. The molecule has 1 aromatic carbocycles. The first-order chi connectivity index (χ1) is 4.74. The largest absolute Gasteiger partial charge is 0.399 e. The SMILES string of the molecule is Cc1cc(OO)ccc1N. The lowest BCUT2D eigenvalue weighted by atomic mass is 10.2. The molecule has 1 rings (SSSR count). The van der Waals surface area contributed by atoms with Gasteiger partial charge in [-0.05, 0) is 30.7 Å². The van der Waals surface area contributed by atoms with Crippen molar-refractivity contribution in [3.05, 3.63) is 23.8 Å². The maximum atomic E-state index is 8.21. The smallest absolute Gasteiger partial charge is 0.165 e. The van der Waals surface area contributed by atoms with Gasteiger partial charge in [-0.15, -0.1) is 0 Å². The minimum Gasteiger partial charge on any atom is -0.399 e. The van der Waals surface area contributed by atoms with Gasteiger partial charge in [0.1, 0.15) is 0 Å². The van der Waals surface area contributed by atoms with Crippen LogP contribution in [0.1, 0.15) is 5.56 Å². The Morgan fingerprint density at radius 3 is 2.70 bits per heavy atom. The molecule has 3 heteroatoms. The quantitative estimate of drug-likeness (QED) is 0.351. The number of nitrogen functional groups attached to an aromatic ring is 1. The summed E-state index contributed by atoms with van der Waals surface area (Å²) >= 11 is 0. The highest BCUT2D eigenvalue weighted by Gasteiger charge is 1.95. The second-order valence-electron chi connectivity index (χ2n) is 2.11. The van der Waals surface area contributed by atoms with Gasteiger partial charge >= 0.3 is 0 Å². The summed E-state index contributed by atoms with van der Waals surface area (Å²) in [5, 5.41) is 8.21. The molecule has 0 aliphatic rings. The Hall–Kier alpha value is -1.22. The van der Waals surface area contributed by atoms with Crippen LogP contribution >= 0.6 is 0 Å². The van der Waals surface area contributed by atoms with Crippen LogP contribution < -0.4 is 10.6 Å². The number of aryl methyl sites for hydroxylation is 1. The van der Waals surface area contributed by atoms with Gasteiger partial charge in [0.05, 0.1) is 0 Å². The fraction of sp³-hybridized carbons (Fsp3) is 0.143. The Morgan fingerprint density at radius 1 is 1.50 bits per heavy atom. The highest BCUT2D eigenvalue weighted by Crippen LogP contribution is 2.17. The van der Waals surface area contributed by atoms with Crippen molar-refractivity contribution in [2.45, 2.75) is 6.92 Å². The van der Waals surface area contributed by atoms with E-state index in [1.165, 1.54) is 0 Å². The van der Waals surface area contributed by atoms with Gasteiger partial charge in [-0.2, -0.15) is 0 Å². The molecule has 0 aromatic heterocycles. The van der Waals surface area contributed by atoms with Crippen LogP contribution in [0.4, 0.5) is 5.69 Å². The minimum atomic E-state index is 0.409. The van der Waals surface area contributed by atoms with Gasteiger partial charge in [-0.3, -0.25) is 0 Å². The molecule has 3 nitrogen and oxygen atoms in total. The van der Waals surface area contributed by atoms with Gasteiger partial charge in [-0.25, -0.2) is 5.26 Å². The van der Waals surface area contributed by atoms with Crippen LogP contribution in [-0.4, -0.2) is 5.26 Å². The van der Waals surface area contributed by atoms with E-state index in [2.05, 4.69) is 4.89 Å². The Labute approximate surface area is 59.0 Å². The van der Waals surface area contributed by atoms with Gasteiger partial charge in [-0.1, -0.05) is 0 Å². The summed E-state index contributed by atoms with van der Waals surface area (Å²) in [7, 11) is 0. The molecule has 0 saturated heterocycles.